The maximum atomic E-state index is 12.3. The Kier molecular flexibility index (Phi) is 4.17. The highest BCUT2D eigenvalue weighted by Crippen LogP contribution is 2.44. The molecule has 1 saturated heterocycles. The second kappa shape index (κ2) is 6.95. The van der Waals surface area contributed by atoms with Crippen LogP contribution in [0.15, 0.2) is 30.6 Å². The molecule has 6 heterocycles. The Morgan fingerprint density at radius 3 is 3.06 bits per heavy atom. The maximum Gasteiger partial charge on any atom is 0.317 e. The summed E-state index contributed by atoms with van der Waals surface area (Å²) in [6, 6.07) is 4.42. The second-order valence-electron chi connectivity index (χ2n) is 8.74. The summed E-state index contributed by atoms with van der Waals surface area (Å²) in [6.45, 7) is 6.37. The lowest BCUT2D eigenvalue weighted by Crippen LogP contribution is -2.40. The van der Waals surface area contributed by atoms with Gasteiger partial charge in [0.1, 0.15) is 5.65 Å². The number of carbonyl (C=O) groups excluding carboxylic acids is 1. The molecule has 6 rings (SSSR count). The summed E-state index contributed by atoms with van der Waals surface area (Å²) in [7, 11) is 0. The minimum atomic E-state index is 0.0130. The minimum Gasteiger partial charge on any atom is -0.373 e. The molecule has 1 atom stereocenters. The fourth-order valence-corrected chi connectivity index (χ4v) is 5.31. The number of rotatable bonds is 3. The minimum absolute atomic E-state index is 0.0130. The average Bonchev–Trinajstić information content (AvgIpc) is 3.58. The van der Waals surface area contributed by atoms with Crippen molar-refractivity contribution < 1.29 is 9.53 Å². The number of likely N-dealkylation sites (tertiary alicyclic amines) is 1. The summed E-state index contributed by atoms with van der Waals surface area (Å²) in [5.74, 6) is 0. The Morgan fingerprint density at radius 1 is 1.32 bits per heavy atom. The van der Waals surface area contributed by atoms with Crippen molar-refractivity contribution in [3.8, 4) is 11.3 Å². The third-order valence-corrected chi connectivity index (χ3v) is 6.97. The number of pyridine rings is 1. The van der Waals surface area contributed by atoms with Crippen LogP contribution in [0.25, 0.3) is 27.9 Å². The number of hydrogen-bond donors (Lipinski definition) is 2. The first-order valence-electron chi connectivity index (χ1n) is 11.0. The van der Waals surface area contributed by atoms with E-state index in [0.29, 0.717) is 19.8 Å². The lowest BCUT2D eigenvalue weighted by molar-refractivity contribution is 0.206. The van der Waals surface area contributed by atoms with Gasteiger partial charge in [-0.2, -0.15) is 5.10 Å². The average molecular weight is 419 g/mol. The first kappa shape index (κ1) is 18.6. The van der Waals surface area contributed by atoms with E-state index in [1.807, 2.05) is 24.2 Å². The van der Waals surface area contributed by atoms with E-state index in [9.17, 15) is 4.79 Å². The van der Waals surface area contributed by atoms with E-state index in [-0.39, 0.29) is 11.4 Å². The molecule has 1 fully saturated rings. The highest BCUT2D eigenvalue weighted by Gasteiger charge is 2.46. The van der Waals surface area contributed by atoms with Crippen molar-refractivity contribution in [2.75, 3.05) is 32.8 Å². The van der Waals surface area contributed by atoms with Crippen molar-refractivity contribution in [1.29, 1.82) is 0 Å². The number of nitrogens with zero attached hydrogens (tertiary/aromatic N) is 4. The van der Waals surface area contributed by atoms with E-state index in [1.165, 1.54) is 11.3 Å². The van der Waals surface area contributed by atoms with Gasteiger partial charge in [0.25, 0.3) is 0 Å². The Bertz CT molecular complexity index is 1210. The van der Waals surface area contributed by atoms with Gasteiger partial charge in [-0.1, -0.05) is 6.08 Å². The van der Waals surface area contributed by atoms with Gasteiger partial charge in [0.2, 0.25) is 0 Å². The highest BCUT2D eigenvalue weighted by molar-refractivity contribution is 5.93. The molecule has 1 spiro atoms. The van der Waals surface area contributed by atoms with Gasteiger partial charge in [-0.3, -0.25) is 4.68 Å². The third-order valence-electron chi connectivity index (χ3n) is 6.97. The van der Waals surface area contributed by atoms with Crippen molar-refractivity contribution in [1.82, 2.24) is 30.0 Å². The monoisotopic (exact) mass is 418 g/mol. The van der Waals surface area contributed by atoms with Crippen LogP contribution in [0.5, 0.6) is 0 Å². The Morgan fingerprint density at radius 2 is 2.23 bits per heavy atom. The molecule has 3 aliphatic heterocycles. The largest absolute Gasteiger partial charge is 0.373 e. The molecule has 3 aliphatic rings. The lowest BCUT2D eigenvalue weighted by Gasteiger charge is -2.23. The first-order valence-corrected chi connectivity index (χ1v) is 11.0. The van der Waals surface area contributed by atoms with Gasteiger partial charge in [-0.15, -0.1) is 0 Å². The second-order valence-corrected chi connectivity index (χ2v) is 8.74. The number of fused-ring (bicyclic) bond motifs is 3. The Hall–Kier alpha value is -3.13. The van der Waals surface area contributed by atoms with E-state index < -0.39 is 0 Å². The van der Waals surface area contributed by atoms with Gasteiger partial charge in [0.15, 0.2) is 0 Å². The van der Waals surface area contributed by atoms with E-state index >= 15 is 0 Å². The van der Waals surface area contributed by atoms with Crippen molar-refractivity contribution in [2.24, 2.45) is 0 Å². The predicted octanol–water partition coefficient (Wildman–Crippen LogP) is 2.92. The SMILES string of the molecule is CCNC(=O)N1CCC2(CCn3nc(-c4cnc5[nH]cc(C6=CCOC6)c5c4)cc32)C1. The van der Waals surface area contributed by atoms with Gasteiger partial charge in [0.05, 0.1) is 18.9 Å². The molecular formula is C23H26N6O2. The number of aromatic nitrogens is 4. The zero-order chi connectivity index (χ0) is 21.0. The van der Waals surface area contributed by atoms with Gasteiger partial charge in [-0.05, 0) is 37.5 Å². The Labute approximate surface area is 180 Å². The van der Waals surface area contributed by atoms with Gasteiger partial charge >= 0.3 is 6.03 Å². The van der Waals surface area contributed by atoms with Gasteiger partial charge < -0.3 is 19.9 Å². The fraction of sp³-hybridized carbons (Fsp3) is 0.435. The number of ether oxygens (including phenoxy) is 1. The van der Waals surface area contributed by atoms with Crippen molar-refractivity contribution in [3.63, 3.8) is 0 Å². The molecule has 3 aromatic rings. The first-order chi connectivity index (χ1) is 15.2. The summed E-state index contributed by atoms with van der Waals surface area (Å²) in [5.41, 5.74) is 6.45. The zero-order valence-electron chi connectivity index (χ0n) is 17.6. The van der Waals surface area contributed by atoms with Crippen LogP contribution in [-0.2, 0) is 16.7 Å². The number of carbonyl (C=O) groups is 1. The molecule has 2 amide bonds. The molecule has 0 radical (unpaired) electrons. The van der Waals surface area contributed by atoms with Crippen LogP contribution in [0, 0.1) is 0 Å². The predicted molar refractivity (Wildman–Crippen MR) is 118 cm³/mol. The van der Waals surface area contributed by atoms with E-state index in [4.69, 9.17) is 9.84 Å². The topological polar surface area (TPSA) is 88.1 Å². The summed E-state index contributed by atoms with van der Waals surface area (Å²) < 4.78 is 7.64. The van der Waals surface area contributed by atoms with Crippen LogP contribution in [0.1, 0.15) is 31.0 Å². The molecule has 160 valence electrons. The van der Waals surface area contributed by atoms with E-state index in [0.717, 1.165) is 60.3 Å². The molecule has 1 unspecified atom stereocenters. The molecule has 8 nitrogen and oxygen atoms in total. The number of H-pyrrole nitrogens is 1. The molecule has 0 aromatic carbocycles. The summed E-state index contributed by atoms with van der Waals surface area (Å²) in [6.07, 6.45) is 8.06. The number of aryl methyl sites for hydroxylation is 1. The molecule has 8 heteroatoms. The summed E-state index contributed by atoms with van der Waals surface area (Å²) >= 11 is 0. The molecular weight excluding hydrogens is 392 g/mol. The molecule has 0 bridgehead atoms. The summed E-state index contributed by atoms with van der Waals surface area (Å²) in [5, 5.41) is 8.94. The fourth-order valence-electron chi connectivity index (χ4n) is 5.31. The number of hydrogen-bond acceptors (Lipinski definition) is 4. The normalized spacial score (nSPS) is 22.5. The molecule has 2 N–H and O–H groups in total. The van der Waals surface area contributed by atoms with E-state index in [2.05, 4.69) is 38.2 Å². The van der Waals surface area contributed by atoms with Crippen LogP contribution in [0.4, 0.5) is 4.79 Å². The summed E-state index contributed by atoms with van der Waals surface area (Å²) in [4.78, 5) is 22.2. The van der Waals surface area contributed by atoms with E-state index in [1.54, 1.807) is 0 Å². The Balaban J connectivity index is 1.33. The van der Waals surface area contributed by atoms with Crippen LogP contribution >= 0.6 is 0 Å². The highest BCUT2D eigenvalue weighted by atomic mass is 16.5. The lowest BCUT2D eigenvalue weighted by atomic mass is 9.82. The smallest absolute Gasteiger partial charge is 0.317 e. The van der Waals surface area contributed by atoms with Gasteiger partial charge in [0, 0.05) is 66.2 Å². The van der Waals surface area contributed by atoms with Crippen LogP contribution in [-0.4, -0.2) is 63.5 Å². The molecule has 3 aromatic heterocycles. The van der Waals surface area contributed by atoms with Crippen LogP contribution < -0.4 is 5.32 Å². The van der Waals surface area contributed by atoms with Crippen molar-refractivity contribution >= 4 is 22.6 Å². The third kappa shape index (κ3) is 2.89. The number of nitrogens with one attached hydrogen (secondary N) is 2. The van der Waals surface area contributed by atoms with Crippen molar-refractivity contribution in [2.45, 2.75) is 31.7 Å². The van der Waals surface area contributed by atoms with Crippen LogP contribution in [0.2, 0.25) is 0 Å². The standard InChI is InChI=1S/C23H26N6O2/c1-2-24-22(30)28-6-4-23(14-28)5-7-29-20(23)10-19(27-29)16-9-17-18(15-3-8-31-13-15)12-26-21(17)25-11-16/h3,9-12H,2,4-8,13-14H2,1H3,(H,24,30)(H,25,26). The number of aromatic amines is 1. The number of amides is 2. The number of urea groups is 1. The zero-order valence-corrected chi connectivity index (χ0v) is 17.6. The molecule has 0 aliphatic carbocycles. The van der Waals surface area contributed by atoms with Crippen LogP contribution in [0.3, 0.4) is 0 Å². The quantitative estimate of drug-likeness (QED) is 0.685. The van der Waals surface area contributed by atoms with Crippen molar-refractivity contribution in [3.05, 3.63) is 41.9 Å². The molecule has 31 heavy (non-hydrogen) atoms. The maximum absolute atomic E-state index is 12.3. The van der Waals surface area contributed by atoms with Gasteiger partial charge in [-0.25, -0.2) is 9.78 Å². The molecule has 0 saturated carbocycles.